The number of rotatable bonds is 5. The molecule has 3 heterocycles. The highest BCUT2D eigenvalue weighted by atomic mass is 35.5. The molecule has 5 rings (SSSR count). The summed E-state index contributed by atoms with van der Waals surface area (Å²) in [4.78, 5) is 20.6. The number of nitrogens with one attached hydrogen (secondary N) is 2. The summed E-state index contributed by atoms with van der Waals surface area (Å²) in [6.45, 7) is 3.70. The fourth-order valence-corrected chi connectivity index (χ4v) is 4.88. The van der Waals surface area contributed by atoms with Crippen LogP contribution in [0, 0.1) is 18.7 Å². The lowest BCUT2D eigenvalue weighted by molar-refractivity contribution is -0.116. The zero-order valence-electron chi connectivity index (χ0n) is 19.2. The van der Waals surface area contributed by atoms with Crippen molar-refractivity contribution in [1.29, 1.82) is 0 Å². The molecule has 0 saturated carbocycles. The third-order valence-electron chi connectivity index (χ3n) is 6.30. The summed E-state index contributed by atoms with van der Waals surface area (Å²) in [5.74, 6) is -0.882. The highest BCUT2D eigenvalue weighted by Crippen LogP contribution is 2.34. The molecule has 2 unspecified atom stereocenters. The number of fused-ring (bicyclic) bond motifs is 2. The minimum Gasteiger partial charge on any atom is -0.441 e. The van der Waals surface area contributed by atoms with Crippen LogP contribution >= 0.6 is 11.6 Å². The lowest BCUT2D eigenvalue weighted by Gasteiger charge is -2.31. The van der Waals surface area contributed by atoms with Crippen molar-refractivity contribution in [3.05, 3.63) is 76.4 Å². The van der Waals surface area contributed by atoms with Crippen molar-refractivity contribution in [1.82, 2.24) is 15.3 Å². The summed E-state index contributed by atoms with van der Waals surface area (Å²) in [6.07, 6.45) is 2.50. The van der Waals surface area contributed by atoms with Crippen molar-refractivity contribution >= 4 is 34.3 Å². The quantitative estimate of drug-likeness (QED) is 0.325. The summed E-state index contributed by atoms with van der Waals surface area (Å²) in [6, 6.07) is 9.68. The van der Waals surface area contributed by atoms with E-state index in [1.54, 1.807) is 31.2 Å². The summed E-state index contributed by atoms with van der Waals surface area (Å²) in [5.41, 5.74) is 3.91. The molecule has 2 aromatic carbocycles. The van der Waals surface area contributed by atoms with Crippen LogP contribution in [0.5, 0.6) is 0 Å². The van der Waals surface area contributed by atoms with Crippen LogP contribution in [0.25, 0.3) is 22.2 Å². The van der Waals surface area contributed by atoms with Gasteiger partial charge in [-0.3, -0.25) is 4.79 Å². The number of oxazole rings is 1. The Morgan fingerprint density at radius 2 is 2.09 bits per heavy atom. The molecule has 0 fully saturated rings. The van der Waals surface area contributed by atoms with Gasteiger partial charge in [0.2, 0.25) is 11.9 Å². The van der Waals surface area contributed by atoms with Crippen molar-refractivity contribution in [3.8, 4) is 11.1 Å². The van der Waals surface area contributed by atoms with Gasteiger partial charge in [0.1, 0.15) is 11.3 Å². The molecule has 1 amide bonds. The maximum atomic E-state index is 14.9. The van der Waals surface area contributed by atoms with Gasteiger partial charge in [-0.15, -0.1) is 0 Å². The van der Waals surface area contributed by atoms with Crippen LogP contribution in [0.1, 0.15) is 42.8 Å². The number of aromatic nitrogens is 2. The number of hydrogen-bond acceptors (Lipinski definition) is 5. The first-order valence-corrected chi connectivity index (χ1v) is 11.7. The van der Waals surface area contributed by atoms with Crippen LogP contribution in [0.4, 0.5) is 14.5 Å². The highest BCUT2D eigenvalue weighted by Gasteiger charge is 2.26. The Kier molecular flexibility index (Phi) is 6.25. The van der Waals surface area contributed by atoms with Crippen molar-refractivity contribution in [2.45, 2.75) is 45.2 Å². The normalized spacial score (nSPS) is 17.4. The topological polar surface area (TPSA) is 80.0 Å². The Labute approximate surface area is 205 Å². The third kappa shape index (κ3) is 4.76. The average Bonchev–Trinajstić information content (AvgIpc) is 3.20. The van der Waals surface area contributed by atoms with Gasteiger partial charge in [0.15, 0.2) is 11.5 Å². The second-order valence-electron chi connectivity index (χ2n) is 8.77. The number of amides is 1. The third-order valence-corrected chi connectivity index (χ3v) is 6.61. The lowest BCUT2D eigenvalue weighted by Crippen LogP contribution is -2.39. The number of anilines is 1. The highest BCUT2D eigenvalue weighted by molar-refractivity contribution is 6.33. The molecule has 9 heteroatoms. The van der Waals surface area contributed by atoms with Gasteiger partial charge in [0, 0.05) is 42.8 Å². The first kappa shape index (κ1) is 23.4. The molecule has 0 saturated heterocycles. The molecule has 0 aliphatic carbocycles. The number of pyridine rings is 1. The smallest absolute Gasteiger partial charge is 0.224 e. The molecule has 4 aromatic rings. The van der Waals surface area contributed by atoms with E-state index in [2.05, 4.69) is 20.6 Å². The number of aryl methyl sites for hydroxylation is 1. The number of nitrogens with zero attached hydrogens (tertiary/aromatic N) is 2. The molecule has 2 N–H and O–H groups in total. The van der Waals surface area contributed by atoms with Crippen molar-refractivity contribution in [2.75, 3.05) is 5.32 Å². The second kappa shape index (κ2) is 9.36. The fraction of sp³-hybridized carbons (Fsp3) is 0.269. The molecule has 35 heavy (non-hydrogen) atoms. The van der Waals surface area contributed by atoms with Gasteiger partial charge < -0.3 is 15.1 Å². The molecule has 180 valence electrons. The average molecular weight is 497 g/mol. The maximum Gasteiger partial charge on any atom is 0.224 e. The van der Waals surface area contributed by atoms with E-state index in [1.165, 1.54) is 18.3 Å². The minimum absolute atomic E-state index is 0.00546. The van der Waals surface area contributed by atoms with Crippen LogP contribution in [-0.2, 0) is 11.2 Å². The van der Waals surface area contributed by atoms with Crippen LogP contribution < -0.4 is 10.6 Å². The van der Waals surface area contributed by atoms with Crippen molar-refractivity contribution in [2.24, 2.45) is 0 Å². The molecule has 1 aliphatic heterocycles. The summed E-state index contributed by atoms with van der Waals surface area (Å²) in [5, 5.41) is 6.29. The maximum absolute atomic E-state index is 14.9. The largest absolute Gasteiger partial charge is 0.441 e. The van der Waals surface area contributed by atoms with E-state index >= 15 is 0 Å². The van der Waals surface area contributed by atoms with Crippen LogP contribution in [-0.4, -0.2) is 21.9 Å². The predicted molar refractivity (Wildman–Crippen MR) is 130 cm³/mol. The van der Waals surface area contributed by atoms with E-state index in [9.17, 15) is 13.6 Å². The molecule has 0 radical (unpaired) electrons. The Hall–Kier alpha value is -3.36. The van der Waals surface area contributed by atoms with E-state index in [0.29, 0.717) is 51.5 Å². The number of halogens is 3. The summed E-state index contributed by atoms with van der Waals surface area (Å²) < 4.78 is 34.6. The monoisotopic (exact) mass is 496 g/mol. The van der Waals surface area contributed by atoms with E-state index in [4.69, 9.17) is 16.0 Å². The van der Waals surface area contributed by atoms with Gasteiger partial charge >= 0.3 is 0 Å². The molecule has 2 atom stereocenters. The summed E-state index contributed by atoms with van der Waals surface area (Å²) in [7, 11) is 0. The van der Waals surface area contributed by atoms with E-state index < -0.39 is 11.8 Å². The van der Waals surface area contributed by atoms with Crippen molar-refractivity contribution in [3.63, 3.8) is 0 Å². The molecule has 1 aliphatic rings. The number of carbonyl (C=O) groups is 1. The van der Waals surface area contributed by atoms with Crippen LogP contribution in [0.15, 0.2) is 47.0 Å². The van der Waals surface area contributed by atoms with E-state index in [1.807, 2.05) is 6.92 Å². The molecule has 6 nitrogen and oxygen atoms in total. The lowest BCUT2D eigenvalue weighted by atomic mass is 9.90. The number of hydrogen-bond donors (Lipinski definition) is 2. The van der Waals surface area contributed by atoms with E-state index in [0.717, 1.165) is 5.56 Å². The summed E-state index contributed by atoms with van der Waals surface area (Å²) >= 11 is 6.44. The molecule has 2 aromatic heterocycles. The number of carbonyl (C=O) groups excluding carboxylic acids is 1. The molecule has 0 spiro atoms. The second-order valence-corrected chi connectivity index (χ2v) is 9.18. The molecule has 0 bridgehead atoms. The predicted octanol–water partition coefficient (Wildman–Crippen LogP) is 6.12. The Balaban J connectivity index is 1.26. The van der Waals surface area contributed by atoms with Gasteiger partial charge in [-0.05, 0) is 61.2 Å². The number of benzene rings is 2. The fourth-order valence-electron chi connectivity index (χ4n) is 4.61. The van der Waals surface area contributed by atoms with E-state index in [-0.39, 0.29) is 30.1 Å². The Morgan fingerprint density at radius 3 is 2.91 bits per heavy atom. The van der Waals surface area contributed by atoms with Gasteiger partial charge in [0.25, 0.3) is 0 Å². The Bertz CT molecular complexity index is 1440. The minimum atomic E-state index is -0.599. The van der Waals surface area contributed by atoms with Crippen LogP contribution in [0.3, 0.4) is 0 Å². The molecular weight excluding hydrogens is 474 g/mol. The standard InChI is InChI=1S/C26H23ClF2N4O2/c1-13-17-7-8-30-26(29)19(17)10-16(31-13)4-6-25(34)33-23-12-20(27)18(11-21(23)28)15-3-5-22-24(9-15)35-14(2)32-22/h3,5,7-9,11-13,16,31H,4,6,10H2,1-2H3,(H,33,34). The van der Waals surface area contributed by atoms with Gasteiger partial charge in [0.05, 0.1) is 10.7 Å². The van der Waals surface area contributed by atoms with Gasteiger partial charge in [-0.25, -0.2) is 14.4 Å². The van der Waals surface area contributed by atoms with Gasteiger partial charge in [-0.1, -0.05) is 17.7 Å². The molecular formula is C26H23ClF2N4O2. The van der Waals surface area contributed by atoms with Crippen LogP contribution in [0.2, 0.25) is 5.02 Å². The van der Waals surface area contributed by atoms with Crippen molar-refractivity contribution < 1.29 is 18.0 Å². The zero-order valence-corrected chi connectivity index (χ0v) is 19.9. The van der Waals surface area contributed by atoms with Gasteiger partial charge in [-0.2, -0.15) is 4.39 Å². The zero-order chi connectivity index (χ0) is 24.7. The first-order valence-electron chi connectivity index (χ1n) is 11.3. The Morgan fingerprint density at radius 1 is 1.26 bits per heavy atom. The SMILES string of the molecule is Cc1nc2ccc(-c3cc(F)c(NC(=O)CCC4Cc5c(ccnc5F)C(C)N4)cc3Cl)cc2o1. The first-order chi connectivity index (χ1) is 16.8.